The number of amides is 1. The summed E-state index contributed by atoms with van der Waals surface area (Å²) in [5, 5.41) is 5.83. The van der Waals surface area contributed by atoms with Crippen LogP contribution in [0.2, 0.25) is 0 Å². The molecule has 4 heteroatoms. The largest absolute Gasteiger partial charge is 0.472 e. The zero-order valence-corrected chi connectivity index (χ0v) is 9.35. The van der Waals surface area contributed by atoms with Crippen LogP contribution >= 0.6 is 0 Å². The van der Waals surface area contributed by atoms with E-state index in [0.717, 1.165) is 11.3 Å². The Balaban J connectivity index is 1.71. The lowest BCUT2D eigenvalue weighted by molar-refractivity contribution is -0.115. The molecule has 0 fully saturated rings. The Morgan fingerprint density at radius 1 is 1.18 bits per heavy atom. The van der Waals surface area contributed by atoms with Gasteiger partial charge in [0.15, 0.2) is 0 Å². The van der Waals surface area contributed by atoms with Crippen molar-refractivity contribution in [1.29, 1.82) is 0 Å². The van der Waals surface area contributed by atoms with Crippen LogP contribution in [0.1, 0.15) is 5.56 Å². The number of hydrogen-bond donors (Lipinski definition) is 2. The summed E-state index contributed by atoms with van der Waals surface area (Å²) in [6, 6.07) is 11.2. The van der Waals surface area contributed by atoms with Gasteiger partial charge < -0.3 is 15.1 Å². The molecular weight excluding hydrogens is 216 g/mol. The monoisotopic (exact) mass is 230 g/mol. The van der Waals surface area contributed by atoms with E-state index >= 15 is 0 Å². The smallest absolute Gasteiger partial charge is 0.238 e. The van der Waals surface area contributed by atoms with Gasteiger partial charge in [-0.25, -0.2) is 0 Å². The molecule has 0 aliphatic carbocycles. The SMILES string of the molecule is O=C(CNCc1ccoc1)Nc1ccccc1. The van der Waals surface area contributed by atoms with Crippen LogP contribution in [0.4, 0.5) is 5.69 Å². The van der Waals surface area contributed by atoms with Gasteiger partial charge in [-0.15, -0.1) is 0 Å². The molecule has 88 valence electrons. The third kappa shape index (κ3) is 3.77. The Bertz CT molecular complexity index is 452. The number of carbonyl (C=O) groups is 1. The van der Waals surface area contributed by atoms with Gasteiger partial charge in [0.25, 0.3) is 0 Å². The first-order valence-corrected chi connectivity index (χ1v) is 5.41. The van der Waals surface area contributed by atoms with Crippen molar-refractivity contribution in [3.8, 4) is 0 Å². The summed E-state index contributed by atoms with van der Waals surface area (Å²) in [5.41, 5.74) is 1.83. The summed E-state index contributed by atoms with van der Waals surface area (Å²) in [5.74, 6) is -0.0558. The maximum atomic E-state index is 11.5. The standard InChI is InChI=1S/C13H14N2O2/c16-13(15-12-4-2-1-3-5-12)9-14-8-11-6-7-17-10-11/h1-7,10,14H,8-9H2,(H,15,16). The number of benzene rings is 1. The average molecular weight is 230 g/mol. The predicted octanol–water partition coefficient (Wildman–Crippen LogP) is 2.01. The topological polar surface area (TPSA) is 54.3 Å². The fourth-order valence-electron chi connectivity index (χ4n) is 1.44. The van der Waals surface area contributed by atoms with E-state index in [0.29, 0.717) is 6.54 Å². The van der Waals surface area contributed by atoms with Gasteiger partial charge >= 0.3 is 0 Å². The molecule has 0 aliphatic heterocycles. The first-order chi connectivity index (χ1) is 8.34. The van der Waals surface area contributed by atoms with Crippen molar-refractivity contribution in [2.75, 3.05) is 11.9 Å². The van der Waals surface area contributed by atoms with Crippen molar-refractivity contribution in [2.24, 2.45) is 0 Å². The van der Waals surface area contributed by atoms with Crippen LogP contribution < -0.4 is 10.6 Å². The molecule has 1 aromatic heterocycles. The van der Waals surface area contributed by atoms with Crippen molar-refractivity contribution >= 4 is 11.6 Å². The molecule has 1 heterocycles. The number of carbonyl (C=O) groups excluding carboxylic acids is 1. The third-order valence-electron chi connectivity index (χ3n) is 2.25. The number of para-hydroxylation sites is 1. The van der Waals surface area contributed by atoms with E-state index < -0.39 is 0 Å². The van der Waals surface area contributed by atoms with Crippen LogP contribution in [0.25, 0.3) is 0 Å². The van der Waals surface area contributed by atoms with Gasteiger partial charge in [-0.3, -0.25) is 4.79 Å². The van der Waals surface area contributed by atoms with Gasteiger partial charge in [-0.05, 0) is 18.2 Å². The van der Waals surface area contributed by atoms with E-state index in [1.165, 1.54) is 0 Å². The highest BCUT2D eigenvalue weighted by molar-refractivity contribution is 5.92. The van der Waals surface area contributed by atoms with Gasteiger partial charge in [-0.1, -0.05) is 18.2 Å². The third-order valence-corrected chi connectivity index (χ3v) is 2.25. The Hall–Kier alpha value is -2.07. The minimum absolute atomic E-state index is 0.0558. The van der Waals surface area contributed by atoms with Gasteiger partial charge in [0.05, 0.1) is 19.1 Å². The number of rotatable bonds is 5. The average Bonchev–Trinajstić information content (AvgIpc) is 2.83. The van der Waals surface area contributed by atoms with E-state index in [1.807, 2.05) is 36.4 Å². The molecule has 1 aromatic carbocycles. The summed E-state index contributed by atoms with van der Waals surface area (Å²) in [6.07, 6.45) is 3.27. The van der Waals surface area contributed by atoms with Crippen molar-refractivity contribution < 1.29 is 9.21 Å². The zero-order chi connectivity index (χ0) is 11.9. The molecule has 17 heavy (non-hydrogen) atoms. The molecule has 0 atom stereocenters. The summed E-state index contributed by atoms with van der Waals surface area (Å²) < 4.78 is 4.93. The summed E-state index contributed by atoms with van der Waals surface area (Å²) in [7, 11) is 0. The van der Waals surface area contributed by atoms with E-state index in [9.17, 15) is 4.79 Å². The molecule has 1 amide bonds. The molecule has 0 spiro atoms. The molecular formula is C13H14N2O2. The Morgan fingerprint density at radius 3 is 2.71 bits per heavy atom. The van der Waals surface area contributed by atoms with Crippen LogP contribution in [0.3, 0.4) is 0 Å². The number of nitrogens with one attached hydrogen (secondary N) is 2. The molecule has 0 aliphatic rings. The first-order valence-electron chi connectivity index (χ1n) is 5.41. The molecule has 2 N–H and O–H groups in total. The molecule has 0 saturated carbocycles. The van der Waals surface area contributed by atoms with Crippen LogP contribution in [-0.4, -0.2) is 12.5 Å². The van der Waals surface area contributed by atoms with Crippen LogP contribution in [-0.2, 0) is 11.3 Å². The van der Waals surface area contributed by atoms with Crippen LogP contribution in [0.5, 0.6) is 0 Å². The fourth-order valence-corrected chi connectivity index (χ4v) is 1.44. The van der Waals surface area contributed by atoms with E-state index in [4.69, 9.17) is 4.42 Å². The van der Waals surface area contributed by atoms with E-state index in [-0.39, 0.29) is 12.5 Å². The van der Waals surface area contributed by atoms with Gasteiger partial charge in [0, 0.05) is 17.8 Å². The lowest BCUT2D eigenvalue weighted by Crippen LogP contribution is -2.27. The summed E-state index contributed by atoms with van der Waals surface area (Å²) >= 11 is 0. The van der Waals surface area contributed by atoms with E-state index in [2.05, 4.69) is 10.6 Å². The highest BCUT2D eigenvalue weighted by atomic mass is 16.3. The van der Waals surface area contributed by atoms with Crippen molar-refractivity contribution in [3.05, 3.63) is 54.5 Å². The lowest BCUT2D eigenvalue weighted by Gasteiger charge is -2.05. The van der Waals surface area contributed by atoms with Gasteiger partial charge in [0.2, 0.25) is 5.91 Å². The second-order valence-corrected chi connectivity index (χ2v) is 3.65. The predicted molar refractivity (Wildman–Crippen MR) is 65.5 cm³/mol. The molecule has 0 saturated heterocycles. The second-order valence-electron chi connectivity index (χ2n) is 3.65. The van der Waals surface area contributed by atoms with Crippen molar-refractivity contribution in [1.82, 2.24) is 5.32 Å². The minimum atomic E-state index is -0.0558. The number of hydrogen-bond acceptors (Lipinski definition) is 3. The maximum Gasteiger partial charge on any atom is 0.238 e. The highest BCUT2D eigenvalue weighted by Gasteiger charge is 2.01. The Labute approximate surface area is 99.6 Å². The van der Waals surface area contributed by atoms with Crippen molar-refractivity contribution in [2.45, 2.75) is 6.54 Å². The van der Waals surface area contributed by atoms with E-state index in [1.54, 1.807) is 12.5 Å². The number of furan rings is 1. The molecule has 0 bridgehead atoms. The second kappa shape index (κ2) is 5.86. The lowest BCUT2D eigenvalue weighted by atomic mass is 10.3. The number of anilines is 1. The van der Waals surface area contributed by atoms with Crippen molar-refractivity contribution in [3.63, 3.8) is 0 Å². The zero-order valence-electron chi connectivity index (χ0n) is 9.35. The minimum Gasteiger partial charge on any atom is -0.472 e. The first kappa shape index (κ1) is 11.4. The molecule has 4 nitrogen and oxygen atoms in total. The quantitative estimate of drug-likeness (QED) is 0.826. The normalized spacial score (nSPS) is 10.1. The maximum absolute atomic E-state index is 11.5. The van der Waals surface area contributed by atoms with Crippen LogP contribution in [0.15, 0.2) is 53.3 Å². The van der Waals surface area contributed by atoms with Gasteiger partial charge in [0.1, 0.15) is 0 Å². The molecule has 2 aromatic rings. The Kier molecular flexibility index (Phi) is 3.94. The molecule has 2 rings (SSSR count). The fraction of sp³-hybridized carbons (Fsp3) is 0.154. The summed E-state index contributed by atoms with van der Waals surface area (Å²) in [4.78, 5) is 11.5. The van der Waals surface area contributed by atoms with Crippen LogP contribution in [0, 0.1) is 0 Å². The Morgan fingerprint density at radius 2 is 2.00 bits per heavy atom. The molecule has 0 radical (unpaired) electrons. The van der Waals surface area contributed by atoms with Gasteiger partial charge in [-0.2, -0.15) is 0 Å². The highest BCUT2D eigenvalue weighted by Crippen LogP contribution is 2.04. The summed E-state index contributed by atoms with van der Waals surface area (Å²) in [6.45, 7) is 0.902. The molecule has 0 unspecified atom stereocenters.